The molecule has 0 saturated carbocycles. The first-order valence-corrected chi connectivity index (χ1v) is 6.83. The van der Waals surface area contributed by atoms with Gasteiger partial charge in [-0.25, -0.2) is 4.39 Å². The van der Waals surface area contributed by atoms with E-state index < -0.39 is 0 Å². The molecule has 0 atom stereocenters. The van der Waals surface area contributed by atoms with Crippen LogP contribution in [0.15, 0.2) is 42.5 Å². The predicted octanol–water partition coefficient (Wildman–Crippen LogP) is 4.65. The molecule has 2 rings (SSSR count). The minimum absolute atomic E-state index is 0.270. The SMILES string of the molecule is CCCNCc1cccc(-c2cc(F)ccc2Cl)c1. The molecule has 0 aliphatic carbocycles. The highest BCUT2D eigenvalue weighted by molar-refractivity contribution is 6.33. The molecule has 0 unspecified atom stereocenters. The number of nitrogens with one attached hydrogen (secondary N) is 1. The summed E-state index contributed by atoms with van der Waals surface area (Å²) in [7, 11) is 0. The molecule has 1 N–H and O–H groups in total. The second-order valence-electron chi connectivity index (χ2n) is 4.50. The fourth-order valence-electron chi connectivity index (χ4n) is 1.98. The summed E-state index contributed by atoms with van der Waals surface area (Å²) in [6.07, 6.45) is 1.11. The lowest BCUT2D eigenvalue weighted by molar-refractivity contribution is 0.628. The van der Waals surface area contributed by atoms with Crippen molar-refractivity contribution in [3.05, 3.63) is 58.9 Å². The normalized spacial score (nSPS) is 10.7. The molecule has 0 spiro atoms. The summed E-state index contributed by atoms with van der Waals surface area (Å²) in [5.41, 5.74) is 2.85. The molecule has 19 heavy (non-hydrogen) atoms. The van der Waals surface area contributed by atoms with Crippen molar-refractivity contribution in [1.29, 1.82) is 0 Å². The number of halogens is 2. The maximum absolute atomic E-state index is 13.3. The van der Waals surface area contributed by atoms with Gasteiger partial charge in [0.05, 0.1) is 0 Å². The minimum Gasteiger partial charge on any atom is -0.313 e. The predicted molar refractivity (Wildman–Crippen MR) is 78.8 cm³/mol. The van der Waals surface area contributed by atoms with Crippen molar-refractivity contribution >= 4 is 11.6 Å². The third-order valence-corrected chi connectivity index (χ3v) is 3.25. The summed E-state index contributed by atoms with van der Waals surface area (Å²) in [5, 5.41) is 3.92. The molecule has 0 saturated heterocycles. The van der Waals surface area contributed by atoms with Gasteiger partial charge in [0, 0.05) is 17.1 Å². The lowest BCUT2D eigenvalue weighted by Gasteiger charge is -2.08. The van der Waals surface area contributed by atoms with E-state index in [-0.39, 0.29) is 5.82 Å². The van der Waals surface area contributed by atoms with Crippen LogP contribution in [0.3, 0.4) is 0 Å². The van der Waals surface area contributed by atoms with Crippen LogP contribution in [0, 0.1) is 5.82 Å². The molecular weight excluding hydrogens is 261 g/mol. The van der Waals surface area contributed by atoms with Crippen LogP contribution in [-0.4, -0.2) is 6.54 Å². The van der Waals surface area contributed by atoms with Crippen LogP contribution < -0.4 is 5.32 Å². The molecule has 1 nitrogen and oxygen atoms in total. The van der Waals surface area contributed by atoms with Crippen molar-refractivity contribution in [1.82, 2.24) is 5.32 Å². The lowest BCUT2D eigenvalue weighted by atomic mass is 10.0. The Morgan fingerprint density at radius 3 is 2.79 bits per heavy atom. The van der Waals surface area contributed by atoms with Crippen LogP contribution in [0.4, 0.5) is 4.39 Å². The first-order valence-electron chi connectivity index (χ1n) is 6.46. The fraction of sp³-hybridized carbons (Fsp3) is 0.250. The molecule has 0 aliphatic rings. The van der Waals surface area contributed by atoms with Crippen molar-refractivity contribution in [3.8, 4) is 11.1 Å². The zero-order chi connectivity index (χ0) is 13.7. The minimum atomic E-state index is -0.270. The van der Waals surface area contributed by atoms with Gasteiger partial charge in [0.15, 0.2) is 0 Å². The van der Waals surface area contributed by atoms with E-state index in [4.69, 9.17) is 11.6 Å². The quantitative estimate of drug-likeness (QED) is 0.785. The van der Waals surface area contributed by atoms with Crippen LogP contribution in [0.2, 0.25) is 5.02 Å². The van der Waals surface area contributed by atoms with Crippen LogP contribution in [0.25, 0.3) is 11.1 Å². The van der Waals surface area contributed by atoms with Gasteiger partial charge >= 0.3 is 0 Å². The Morgan fingerprint density at radius 2 is 2.00 bits per heavy atom. The van der Waals surface area contributed by atoms with E-state index in [9.17, 15) is 4.39 Å². The average molecular weight is 278 g/mol. The fourth-order valence-corrected chi connectivity index (χ4v) is 2.20. The Kier molecular flexibility index (Phi) is 4.94. The monoisotopic (exact) mass is 277 g/mol. The van der Waals surface area contributed by atoms with E-state index in [0.717, 1.165) is 30.6 Å². The zero-order valence-electron chi connectivity index (χ0n) is 10.9. The average Bonchev–Trinajstić information content (AvgIpc) is 2.42. The summed E-state index contributed by atoms with van der Waals surface area (Å²) in [4.78, 5) is 0. The Morgan fingerprint density at radius 1 is 1.16 bits per heavy atom. The maximum Gasteiger partial charge on any atom is 0.123 e. The molecule has 0 aliphatic heterocycles. The Hall–Kier alpha value is -1.38. The summed E-state index contributed by atoms with van der Waals surface area (Å²) >= 11 is 6.13. The molecule has 0 fully saturated rings. The van der Waals surface area contributed by atoms with Gasteiger partial charge in [-0.2, -0.15) is 0 Å². The van der Waals surface area contributed by atoms with Crippen LogP contribution in [-0.2, 0) is 6.54 Å². The third kappa shape index (κ3) is 3.79. The summed E-state index contributed by atoms with van der Waals surface area (Å²) in [5.74, 6) is -0.270. The topological polar surface area (TPSA) is 12.0 Å². The molecule has 2 aromatic rings. The largest absolute Gasteiger partial charge is 0.313 e. The number of rotatable bonds is 5. The smallest absolute Gasteiger partial charge is 0.123 e. The first-order chi connectivity index (χ1) is 9.20. The molecule has 0 amide bonds. The molecule has 0 bridgehead atoms. The van der Waals surface area contributed by atoms with Gasteiger partial charge in [0.2, 0.25) is 0 Å². The molecule has 0 aromatic heterocycles. The van der Waals surface area contributed by atoms with Crippen molar-refractivity contribution in [2.45, 2.75) is 19.9 Å². The lowest BCUT2D eigenvalue weighted by Crippen LogP contribution is -2.13. The van der Waals surface area contributed by atoms with Crippen LogP contribution in [0.5, 0.6) is 0 Å². The molecule has 3 heteroatoms. The molecular formula is C16H17ClFN. The summed E-state index contributed by atoms with van der Waals surface area (Å²) < 4.78 is 13.3. The van der Waals surface area contributed by atoms with E-state index in [1.54, 1.807) is 6.07 Å². The Balaban J connectivity index is 2.24. The second kappa shape index (κ2) is 6.69. The van der Waals surface area contributed by atoms with Gasteiger partial charge in [-0.15, -0.1) is 0 Å². The van der Waals surface area contributed by atoms with E-state index in [1.807, 2.05) is 18.2 Å². The molecule has 0 radical (unpaired) electrons. The van der Waals surface area contributed by atoms with E-state index in [2.05, 4.69) is 18.3 Å². The van der Waals surface area contributed by atoms with Gasteiger partial charge < -0.3 is 5.32 Å². The van der Waals surface area contributed by atoms with Crippen molar-refractivity contribution in [2.24, 2.45) is 0 Å². The highest BCUT2D eigenvalue weighted by Gasteiger charge is 2.05. The van der Waals surface area contributed by atoms with E-state index >= 15 is 0 Å². The molecule has 2 aromatic carbocycles. The van der Waals surface area contributed by atoms with Crippen molar-refractivity contribution < 1.29 is 4.39 Å². The van der Waals surface area contributed by atoms with Gasteiger partial charge in [0.25, 0.3) is 0 Å². The van der Waals surface area contributed by atoms with Gasteiger partial charge in [-0.05, 0) is 48.4 Å². The third-order valence-electron chi connectivity index (χ3n) is 2.92. The standard InChI is InChI=1S/C16H17ClFN/c1-2-8-19-11-12-4-3-5-13(9-12)15-10-14(18)6-7-16(15)17/h3-7,9-10,19H,2,8,11H2,1H3. The van der Waals surface area contributed by atoms with Gasteiger partial charge in [-0.3, -0.25) is 0 Å². The van der Waals surface area contributed by atoms with E-state index in [1.165, 1.54) is 17.7 Å². The highest BCUT2D eigenvalue weighted by atomic mass is 35.5. The van der Waals surface area contributed by atoms with E-state index in [0.29, 0.717) is 5.02 Å². The van der Waals surface area contributed by atoms with Crippen molar-refractivity contribution in [2.75, 3.05) is 6.54 Å². The van der Waals surface area contributed by atoms with Crippen molar-refractivity contribution in [3.63, 3.8) is 0 Å². The number of hydrogen-bond donors (Lipinski definition) is 1. The van der Waals surface area contributed by atoms with Gasteiger partial charge in [0.1, 0.15) is 5.82 Å². The zero-order valence-corrected chi connectivity index (χ0v) is 11.7. The highest BCUT2D eigenvalue weighted by Crippen LogP contribution is 2.29. The molecule has 0 heterocycles. The summed E-state index contributed by atoms with van der Waals surface area (Å²) in [6.45, 7) is 3.94. The first kappa shape index (κ1) is 14.0. The number of hydrogen-bond acceptors (Lipinski definition) is 1. The number of benzene rings is 2. The van der Waals surface area contributed by atoms with Gasteiger partial charge in [-0.1, -0.05) is 36.7 Å². The second-order valence-corrected chi connectivity index (χ2v) is 4.91. The summed E-state index contributed by atoms with van der Waals surface area (Å²) in [6, 6.07) is 12.5. The maximum atomic E-state index is 13.3. The molecule has 100 valence electrons. The Bertz CT molecular complexity index is 554. The Labute approximate surface area is 118 Å². The van der Waals surface area contributed by atoms with Crippen LogP contribution in [0.1, 0.15) is 18.9 Å². The van der Waals surface area contributed by atoms with Crippen LogP contribution >= 0.6 is 11.6 Å².